The van der Waals surface area contributed by atoms with Crippen molar-refractivity contribution in [3.05, 3.63) is 59.2 Å². The van der Waals surface area contributed by atoms with Gasteiger partial charge in [0, 0.05) is 29.7 Å². The Morgan fingerprint density at radius 1 is 1.08 bits per heavy atom. The maximum absolute atomic E-state index is 12.7. The van der Waals surface area contributed by atoms with E-state index in [1.54, 1.807) is 6.07 Å². The molecule has 0 radical (unpaired) electrons. The molecule has 140 valence electrons. The van der Waals surface area contributed by atoms with Gasteiger partial charge in [0.25, 0.3) is 5.91 Å². The summed E-state index contributed by atoms with van der Waals surface area (Å²) in [7, 11) is 0. The Morgan fingerprint density at radius 2 is 1.69 bits per heavy atom. The lowest BCUT2D eigenvalue weighted by Crippen LogP contribution is -2.17. The molecule has 0 fully saturated rings. The number of hydrogen-bond acceptors (Lipinski definition) is 3. The Hall–Kier alpha value is -2.62. The Labute approximate surface area is 157 Å². The molecule has 0 unspecified atom stereocenters. The van der Waals surface area contributed by atoms with Crippen LogP contribution in [0.5, 0.6) is 0 Å². The molecule has 1 amide bonds. The van der Waals surface area contributed by atoms with Crippen molar-refractivity contribution in [2.24, 2.45) is 0 Å². The average Bonchev–Trinajstić information content (AvgIpc) is 2.63. The molecule has 3 N–H and O–H groups in total. The molecule has 0 saturated carbocycles. The molecule has 0 aromatic heterocycles. The maximum Gasteiger partial charge on any atom is 0.258 e. The van der Waals surface area contributed by atoms with Gasteiger partial charge in [-0.2, -0.15) is 0 Å². The van der Waals surface area contributed by atoms with Gasteiger partial charge in [0.15, 0.2) is 0 Å². The normalized spacial score (nSPS) is 10.4. The van der Waals surface area contributed by atoms with Crippen molar-refractivity contribution < 1.29 is 4.79 Å². The molecule has 0 aliphatic rings. The highest BCUT2D eigenvalue weighted by Crippen LogP contribution is 2.25. The Balaban J connectivity index is 0.00000163. The second kappa shape index (κ2) is 9.76. The first-order chi connectivity index (χ1) is 12.4. The first-order valence-electron chi connectivity index (χ1n) is 9.16. The molecule has 0 aliphatic heterocycles. The molecule has 4 nitrogen and oxygen atoms in total. The van der Waals surface area contributed by atoms with Gasteiger partial charge in [-0.05, 0) is 36.1 Å². The zero-order chi connectivity index (χ0) is 19.7. The average molecular weight is 354 g/mol. The van der Waals surface area contributed by atoms with E-state index in [0.29, 0.717) is 17.7 Å². The number of nitrogens with one attached hydrogen (secondary N) is 3. The monoisotopic (exact) mass is 353 g/mol. The van der Waals surface area contributed by atoms with Crippen molar-refractivity contribution in [2.75, 3.05) is 17.2 Å². The second-order valence-electron chi connectivity index (χ2n) is 6.73. The third-order valence-electron chi connectivity index (χ3n) is 3.86. The van der Waals surface area contributed by atoms with E-state index >= 15 is 0 Å². The minimum absolute atomic E-state index is 0.0769. The van der Waals surface area contributed by atoms with Crippen molar-refractivity contribution in [3.8, 4) is 0 Å². The molecule has 0 saturated heterocycles. The highest BCUT2D eigenvalue weighted by atomic mass is 16.1. The van der Waals surface area contributed by atoms with Crippen LogP contribution in [0.3, 0.4) is 0 Å². The van der Waals surface area contributed by atoms with Crippen LogP contribution >= 0.6 is 0 Å². The van der Waals surface area contributed by atoms with Crippen LogP contribution in [-0.2, 0) is 5.41 Å². The number of rotatable bonds is 5. The van der Waals surface area contributed by atoms with Gasteiger partial charge >= 0.3 is 0 Å². The van der Waals surface area contributed by atoms with Gasteiger partial charge < -0.3 is 16.0 Å². The fourth-order valence-electron chi connectivity index (χ4n) is 2.53. The van der Waals surface area contributed by atoms with Crippen molar-refractivity contribution >= 4 is 23.5 Å². The van der Waals surface area contributed by atoms with E-state index in [9.17, 15) is 4.79 Å². The lowest BCUT2D eigenvalue weighted by molar-refractivity contribution is 0.102. The molecule has 0 spiro atoms. The fraction of sp³-hybridized carbons (Fsp3) is 0.364. The summed E-state index contributed by atoms with van der Waals surface area (Å²) in [5, 5.41) is 13.7. The summed E-state index contributed by atoms with van der Waals surface area (Å²) in [4.78, 5) is 12.7. The Bertz CT molecular complexity index is 728. The Morgan fingerprint density at radius 3 is 2.19 bits per heavy atom. The van der Waals surface area contributed by atoms with Crippen molar-refractivity contribution in [1.82, 2.24) is 0 Å². The smallest absolute Gasteiger partial charge is 0.258 e. The minimum atomic E-state index is -0.214. The van der Waals surface area contributed by atoms with E-state index in [0.717, 1.165) is 11.4 Å². The van der Waals surface area contributed by atoms with Crippen molar-refractivity contribution in [3.63, 3.8) is 0 Å². The van der Waals surface area contributed by atoms with E-state index in [2.05, 4.69) is 31.4 Å². The van der Waals surface area contributed by atoms with E-state index in [4.69, 9.17) is 5.41 Å². The number of amides is 1. The molecular weight excluding hydrogens is 322 g/mol. The number of carbonyl (C=O) groups is 1. The third kappa shape index (κ3) is 5.45. The molecule has 0 aliphatic carbocycles. The van der Waals surface area contributed by atoms with Crippen LogP contribution in [0.25, 0.3) is 0 Å². The molecule has 0 heterocycles. The number of hydrogen-bond donors (Lipinski definition) is 3. The van der Waals surface area contributed by atoms with Crippen molar-refractivity contribution in [1.29, 1.82) is 5.41 Å². The highest BCUT2D eigenvalue weighted by Gasteiger charge is 2.16. The topological polar surface area (TPSA) is 65.0 Å². The Kier molecular flexibility index (Phi) is 8.04. The molecule has 26 heavy (non-hydrogen) atoms. The molecule has 0 atom stereocenters. The van der Waals surface area contributed by atoms with E-state index < -0.39 is 0 Å². The zero-order valence-corrected chi connectivity index (χ0v) is 16.7. The standard InChI is InChI=1S/C20H25N3O.C2H6/c1-5-22-17-8-6-7-14(13-21)18(17)19(24)23-16-11-9-15(10-12-16)20(2,3)4;1-2/h6-13,21-22H,5H2,1-4H3,(H,23,24);1-2H3. The summed E-state index contributed by atoms with van der Waals surface area (Å²) in [6.07, 6.45) is 1.21. The SMILES string of the molecule is CC.CCNc1cccc(C=N)c1C(=O)Nc1ccc(C(C)(C)C)cc1. The quantitative estimate of drug-likeness (QED) is 0.604. The van der Waals surface area contributed by atoms with Gasteiger partial charge in [-0.15, -0.1) is 0 Å². The van der Waals surface area contributed by atoms with E-state index in [1.807, 2.05) is 57.2 Å². The van der Waals surface area contributed by atoms with Crippen LogP contribution < -0.4 is 10.6 Å². The van der Waals surface area contributed by atoms with Crippen LogP contribution in [0.4, 0.5) is 11.4 Å². The molecule has 2 aromatic carbocycles. The maximum atomic E-state index is 12.7. The van der Waals surface area contributed by atoms with Gasteiger partial charge in [-0.25, -0.2) is 0 Å². The van der Waals surface area contributed by atoms with Gasteiger partial charge in [0.05, 0.1) is 5.56 Å². The molecule has 2 rings (SSSR count). The number of anilines is 2. The summed E-state index contributed by atoms with van der Waals surface area (Å²) in [5.74, 6) is -0.214. The van der Waals surface area contributed by atoms with Gasteiger partial charge in [-0.3, -0.25) is 4.79 Å². The van der Waals surface area contributed by atoms with Crippen LogP contribution in [0.2, 0.25) is 0 Å². The predicted octanol–water partition coefficient (Wildman–Crippen LogP) is 5.69. The molecule has 4 heteroatoms. The predicted molar refractivity (Wildman–Crippen MR) is 113 cm³/mol. The first kappa shape index (κ1) is 21.4. The van der Waals surface area contributed by atoms with Crippen LogP contribution in [0.15, 0.2) is 42.5 Å². The van der Waals surface area contributed by atoms with Gasteiger partial charge in [0.2, 0.25) is 0 Å². The lowest BCUT2D eigenvalue weighted by Gasteiger charge is -2.19. The fourth-order valence-corrected chi connectivity index (χ4v) is 2.53. The summed E-state index contributed by atoms with van der Waals surface area (Å²) >= 11 is 0. The second-order valence-corrected chi connectivity index (χ2v) is 6.73. The minimum Gasteiger partial charge on any atom is -0.385 e. The van der Waals surface area contributed by atoms with Crippen LogP contribution in [0, 0.1) is 5.41 Å². The summed E-state index contributed by atoms with van der Waals surface area (Å²) in [6, 6.07) is 13.4. The highest BCUT2D eigenvalue weighted by molar-refractivity contribution is 6.12. The van der Waals surface area contributed by atoms with Crippen molar-refractivity contribution in [2.45, 2.75) is 47.0 Å². The number of carbonyl (C=O) groups excluding carboxylic acids is 1. The van der Waals surface area contributed by atoms with Gasteiger partial charge in [0.1, 0.15) is 0 Å². The number of benzene rings is 2. The summed E-state index contributed by atoms with van der Waals surface area (Å²) in [5.41, 5.74) is 3.87. The zero-order valence-electron chi connectivity index (χ0n) is 16.7. The lowest BCUT2D eigenvalue weighted by atomic mass is 9.87. The van der Waals surface area contributed by atoms with Gasteiger partial charge in [-0.1, -0.05) is 58.9 Å². The van der Waals surface area contributed by atoms with Crippen LogP contribution in [0.1, 0.15) is 63.0 Å². The third-order valence-corrected chi connectivity index (χ3v) is 3.86. The van der Waals surface area contributed by atoms with E-state index in [-0.39, 0.29) is 11.3 Å². The molecule has 0 bridgehead atoms. The van der Waals surface area contributed by atoms with E-state index in [1.165, 1.54) is 11.8 Å². The molecular formula is C22H31N3O. The first-order valence-corrected chi connectivity index (χ1v) is 9.16. The largest absolute Gasteiger partial charge is 0.385 e. The summed E-state index contributed by atoms with van der Waals surface area (Å²) in [6.45, 7) is 13.2. The molecule has 2 aromatic rings. The summed E-state index contributed by atoms with van der Waals surface area (Å²) < 4.78 is 0. The van der Waals surface area contributed by atoms with Crippen LogP contribution in [-0.4, -0.2) is 18.7 Å².